The molecule has 1 rings (SSSR count). The summed E-state index contributed by atoms with van der Waals surface area (Å²) in [5, 5.41) is -0.0150. The normalized spacial score (nSPS) is 9.45. The molecule has 7 heteroatoms. The molecule has 0 aromatic carbocycles. The van der Waals surface area contributed by atoms with Gasteiger partial charge >= 0.3 is 0 Å². The fourth-order valence-electron chi connectivity index (χ4n) is 0.424. The predicted molar refractivity (Wildman–Crippen MR) is 36.9 cm³/mol. The van der Waals surface area contributed by atoms with Gasteiger partial charge in [-0.3, -0.25) is 9.59 Å². The molecule has 0 aliphatic rings. The third kappa shape index (κ3) is 1.49. The topological polar surface area (TPSA) is 112 Å². The molecule has 0 saturated heterocycles. The Balaban J connectivity index is 2.99. The Hall–Kier alpha value is -1.50. The SMILES string of the molecule is NC(=O)c1nsc(C(N)=O)n1. The number of aromatic nitrogens is 2. The second-order valence-electron chi connectivity index (χ2n) is 1.65. The highest BCUT2D eigenvalue weighted by molar-refractivity contribution is 7.07. The van der Waals surface area contributed by atoms with Gasteiger partial charge in [0, 0.05) is 0 Å². The minimum Gasteiger partial charge on any atom is -0.363 e. The Kier molecular flexibility index (Phi) is 1.81. The lowest BCUT2D eigenvalue weighted by Gasteiger charge is -1.81. The highest BCUT2D eigenvalue weighted by atomic mass is 32.1. The lowest BCUT2D eigenvalue weighted by atomic mass is 10.6. The molecule has 0 aliphatic carbocycles. The van der Waals surface area contributed by atoms with Gasteiger partial charge in [0.1, 0.15) is 0 Å². The molecule has 6 nitrogen and oxygen atoms in total. The molecule has 58 valence electrons. The van der Waals surface area contributed by atoms with Crippen LogP contribution >= 0.6 is 11.5 Å². The van der Waals surface area contributed by atoms with E-state index in [9.17, 15) is 9.59 Å². The lowest BCUT2D eigenvalue weighted by Crippen LogP contribution is -2.15. The molecule has 0 aliphatic heterocycles. The Labute approximate surface area is 65.4 Å². The fraction of sp³-hybridized carbons (Fsp3) is 0. The Morgan fingerprint density at radius 1 is 1.27 bits per heavy atom. The summed E-state index contributed by atoms with van der Waals surface area (Å²) in [6.45, 7) is 0. The van der Waals surface area contributed by atoms with Gasteiger partial charge in [-0.25, -0.2) is 4.98 Å². The zero-order valence-electron chi connectivity index (χ0n) is 5.27. The first-order chi connectivity index (χ1) is 5.11. The lowest BCUT2D eigenvalue weighted by molar-refractivity contribution is 0.0991. The van der Waals surface area contributed by atoms with E-state index in [0.29, 0.717) is 0 Å². The van der Waals surface area contributed by atoms with Gasteiger partial charge in [-0.05, 0) is 11.5 Å². The van der Waals surface area contributed by atoms with Gasteiger partial charge in [-0.2, -0.15) is 4.37 Å². The van der Waals surface area contributed by atoms with Crippen molar-refractivity contribution in [2.24, 2.45) is 11.5 Å². The van der Waals surface area contributed by atoms with Crippen LogP contribution in [0.4, 0.5) is 0 Å². The van der Waals surface area contributed by atoms with E-state index in [2.05, 4.69) is 9.36 Å². The zero-order valence-corrected chi connectivity index (χ0v) is 6.09. The van der Waals surface area contributed by atoms with Crippen LogP contribution in [0, 0.1) is 0 Å². The molecule has 0 saturated carbocycles. The van der Waals surface area contributed by atoms with E-state index >= 15 is 0 Å². The van der Waals surface area contributed by atoms with Gasteiger partial charge in [0.05, 0.1) is 0 Å². The monoisotopic (exact) mass is 172 g/mol. The third-order valence-corrected chi connectivity index (χ3v) is 1.59. The number of nitrogens with zero attached hydrogens (tertiary/aromatic N) is 2. The number of carbonyl (C=O) groups excluding carboxylic acids is 2. The molecule has 1 aromatic heterocycles. The standard InChI is InChI=1S/C4H4N4O2S/c5-1(9)3-7-4(2(6)10)11-8-3/h(H2,5,9)(H2,6,10). The molecule has 11 heavy (non-hydrogen) atoms. The van der Waals surface area contributed by atoms with Crippen molar-refractivity contribution in [3.8, 4) is 0 Å². The Morgan fingerprint density at radius 2 is 1.91 bits per heavy atom. The van der Waals surface area contributed by atoms with Gasteiger partial charge in [0.2, 0.25) is 10.8 Å². The van der Waals surface area contributed by atoms with E-state index in [4.69, 9.17) is 11.5 Å². The number of carbonyl (C=O) groups is 2. The van der Waals surface area contributed by atoms with Crippen LogP contribution in [-0.4, -0.2) is 21.2 Å². The van der Waals surface area contributed by atoms with Crippen LogP contribution in [0.3, 0.4) is 0 Å². The van der Waals surface area contributed by atoms with Gasteiger partial charge in [0.25, 0.3) is 11.8 Å². The van der Waals surface area contributed by atoms with Crippen molar-refractivity contribution in [1.82, 2.24) is 9.36 Å². The smallest absolute Gasteiger partial charge is 0.287 e. The zero-order chi connectivity index (χ0) is 8.43. The maximum Gasteiger partial charge on any atom is 0.287 e. The van der Waals surface area contributed by atoms with Crippen LogP contribution in [0.1, 0.15) is 20.4 Å². The second-order valence-corrected chi connectivity index (χ2v) is 2.40. The fourth-order valence-corrected chi connectivity index (χ4v) is 0.945. The molecule has 2 amide bonds. The molecule has 0 atom stereocenters. The number of hydrogen-bond donors (Lipinski definition) is 2. The number of nitrogens with two attached hydrogens (primary N) is 2. The molecule has 0 spiro atoms. The average Bonchev–Trinajstić information content (AvgIpc) is 2.33. The maximum absolute atomic E-state index is 10.4. The summed E-state index contributed by atoms with van der Waals surface area (Å²) in [5.41, 5.74) is 9.66. The highest BCUT2D eigenvalue weighted by Crippen LogP contribution is 2.01. The van der Waals surface area contributed by atoms with Crippen LogP contribution < -0.4 is 11.5 Å². The van der Waals surface area contributed by atoms with Crippen LogP contribution in [0.5, 0.6) is 0 Å². The minimum absolute atomic E-state index is 0.0150. The molecule has 1 heterocycles. The second kappa shape index (κ2) is 2.62. The summed E-state index contributed by atoms with van der Waals surface area (Å²) in [5.74, 6) is -1.66. The van der Waals surface area contributed by atoms with E-state index in [1.807, 2.05) is 0 Å². The summed E-state index contributed by atoms with van der Waals surface area (Å²) in [6.07, 6.45) is 0. The number of amides is 2. The molecule has 4 N–H and O–H groups in total. The Morgan fingerprint density at radius 3 is 2.18 bits per heavy atom. The molecular weight excluding hydrogens is 168 g/mol. The van der Waals surface area contributed by atoms with Crippen LogP contribution in [-0.2, 0) is 0 Å². The van der Waals surface area contributed by atoms with Crippen LogP contribution in [0.25, 0.3) is 0 Å². The number of hydrogen-bond acceptors (Lipinski definition) is 5. The van der Waals surface area contributed by atoms with Crippen molar-refractivity contribution in [3.05, 3.63) is 10.8 Å². The predicted octanol–water partition coefficient (Wildman–Crippen LogP) is -1.26. The summed E-state index contributed by atoms with van der Waals surface area (Å²) in [4.78, 5) is 24.3. The van der Waals surface area contributed by atoms with E-state index in [0.717, 1.165) is 11.5 Å². The van der Waals surface area contributed by atoms with Crippen LogP contribution in [0.2, 0.25) is 0 Å². The van der Waals surface area contributed by atoms with Gasteiger partial charge < -0.3 is 11.5 Å². The quantitative estimate of drug-likeness (QED) is 0.579. The van der Waals surface area contributed by atoms with Crippen molar-refractivity contribution in [1.29, 1.82) is 0 Å². The first kappa shape index (κ1) is 7.61. The van der Waals surface area contributed by atoms with Crippen molar-refractivity contribution in [2.45, 2.75) is 0 Å². The van der Waals surface area contributed by atoms with E-state index in [1.165, 1.54) is 0 Å². The van der Waals surface area contributed by atoms with Crippen molar-refractivity contribution in [2.75, 3.05) is 0 Å². The van der Waals surface area contributed by atoms with Crippen molar-refractivity contribution in [3.63, 3.8) is 0 Å². The minimum atomic E-state index is -0.770. The number of rotatable bonds is 2. The summed E-state index contributed by atoms with van der Waals surface area (Å²) in [6, 6.07) is 0. The molecule has 1 aromatic rings. The molecular formula is C4H4N4O2S. The van der Waals surface area contributed by atoms with Crippen molar-refractivity contribution < 1.29 is 9.59 Å². The van der Waals surface area contributed by atoms with E-state index in [-0.39, 0.29) is 10.8 Å². The van der Waals surface area contributed by atoms with E-state index < -0.39 is 11.8 Å². The summed E-state index contributed by atoms with van der Waals surface area (Å²) in [7, 11) is 0. The van der Waals surface area contributed by atoms with Crippen molar-refractivity contribution >= 4 is 23.3 Å². The largest absolute Gasteiger partial charge is 0.363 e. The molecule has 0 fully saturated rings. The Bertz CT molecular complexity index is 278. The molecule has 0 unspecified atom stereocenters. The highest BCUT2D eigenvalue weighted by Gasteiger charge is 2.11. The summed E-state index contributed by atoms with van der Waals surface area (Å²) >= 11 is 0.749. The third-order valence-electron chi connectivity index (χ3n) is 0.857. The first-order valence-corrected chi connectivity index (χ1v) is 3.32. The van der Waals surface area contributed by atoms with Gasteiger partial charge in [0.15, 0.2) is 0 Å². The number of primary amides is 2. The first-order valence-electron chi connectivity index (χ1n) is 2.54. The van der Waals surface area contributed by atoms with Gasteiger partial charge in [-0.15, -0.1) is 0 Å². The molecule has 0 radical (unpaired) electrons. The van der Waals surface area contributed by atoms with Gasteiger partial charge in [-0.1, -0.05) is 0 Å². The van der Waals surface area contributed by atoms with Crippen LogP contribution in [0.15, 0.2) is 0 Å². The summed E-state index contributed by atoms with van der Waals surface area (Å²) < 4.78 is 3.49. The maximum atomic E-state index is 10.4. The average molecular weight is 172 g/mol. The molecule has 0 bridgehead atoms. The van der Waals surface area contributed by atoms with E-state index in [1.54, 1.807) is 0 Å².